The van der Waals surface area contributed by atoms with Crippen molar-refractivity contribution < 1.29 is 0 Å². The summed E-state index contributed by atoms with van der Waals surface area (Å²) < 4.78 is 1.00. The summed E-state index contributed by atoms with van der Waals surface area (Å²) >= 11 is 3.39. The zero-order chi connectivity index (χ0) is 8.72. The van der Waals surface area contributed by atoms with Crippen LogP contribution in [-0.2, 0) is 0 Å². The molecule has 0 spiro atoms. The van der Waals surface area contributed by atoms with Gasteiger partial charge < -0.3 is 0 Å². The molecular weight excluding hydrogens is 220 g/mol. The standard InChI is InChI=1S/C8H7BrN2O/c1-4-6(9)3-2-5-7(4)10-11-8(5)12/h2-3H,1H3,(H2,10,11,12). The summed E-state index contributed by atoms with van der Waals surface area (Å²) in [7, 11) is 0. The number of aromatic nitrogens is 2. The zero-order valence-corrected chi connectivity index (χ0v) is 8.03. The molecule has 0 fully saturated rings. The molecule has 2 N–H and O–H groups in total. The summed E-state index contributed by atoms with van der Waals surface area (Å²) in [6, 6.07) is 3.67. The average Bonchev–Trinajstić information content (AvgIpc) is 2.41. The Morgan fingerprint density at radius 2 is 2.08 bits per heavy atom. The van der Waals surface area contributed by atoms with Gasteiger partial charge in [0.05, 0.1) is 10.9 Å². The molecule has 0 unspecified atom stereocenters. The second kappa shape index (κ2) is 2.48. The Bertz CT molecular complexity index is 483. The molecule has 12 heavy (non-hydrogen) atoms. The highest BCUT2D eigenvalue weighted by Gasteiger charge is 2.04. The van der Waals surface area contributed by atoms with E-state index in [-0.39, 0.29) is 5.56 Å². The third kappa shape index (κ3) is 0.914. The second-order valence-corrected chi connectivity index (χ2v) is 3.53. The van der Waals surface area contributed by atoms with Crippen LogP contribution >= 0.6 is 15.9 Å². The molecule has 0 saturated heterocycles. The first-order chi connectivity index (χ1) is 5.70. The molecule has 1 aromatic carbocycles. The van der Waals surface area contributed by atoms with Crippen LogP contribution in [0.15, 0.2) is 21.4 Å². The number of H-pyrrole nitrogens is 2. The van der Waals surface area contributed by atoms with Crippen LogP contribution in [0.3, 0.4) is 0 Å². The van der Waals surface area contributed by atoms with E-state index in [1.165, 1.54) is 0 Å². The van der Waals surface area contributed by atoms with E-state index in [9.17, 15) is 4.79 Å². The van der Waals surface area contributed by atoms with Gasteiger partial charge in [0.1, 0.15) is 0 Å². The van der Waals surface area contributed by atoms with Crippen molar-refractivity contribution in [3.63, 3.8) is 0 Å². The predicted molar refractivity (Wildman–Crippen MR) is 51.4 cm³/mol. The summed E-state index contributed by atoms with van der Waals surface area (Å²) in [5, 5.41) is 6.08. The van der Waals surface area contributed by atoms with E-state index < -0.39 is 0 Å². The lowest BCUT2D eigenvalue weighted by Gasteiger charge is -1.96. The fraction of sp³-hybridized carbons (Fsp3) is 0.125. The lowest BCUT2D eigenvalue weighted by molar-refractivity contribution is 1.08. The van der Waals surface area contributed by atoms with Gasteiger partial charge in [0.25, 0.3) is 5.56 Å². The van der Waals surface area contributed by atoms with Gasteiger partial charge in [0.15, 0.2) is 0 Å². The first-order valence-corrected chi connectivity index (χ1v) is 4.35. The Hall–Kier alpha value is -1.03. The number of hydrogen-bond acceptors (Lipinski definition) is 1. The smallest absolute Gasteiger partial charge is 0.271 e. The van der Waals surface area contributed by atoms with Gasteiger partial charge >= 0.3 is 0 Å². The van der Waals surface area contributed by atoms with Crippen LogP contribution in [0, 0.1) is 6.92 Å². The molecular formula is C8H7BrN2O. The fourth-order valence-electron chi connectivity index (χ4n) is 1.22. The maximum atomic E-state index is 11.1. The van der Waals surface area contributed by atoms with Crippen molar-refractivity contribution in [3.8, 4) is 0 Å². The van der Waals surface area contributed by atoms with E-state index in [1.54, 1.807) is 6.07 Å². The van der Waals surface area contributed by atoms with Gasteiger partial charge in [-0.15, -0.1) is 0 Å². The van der Waals surface area contributed by atoms with Crippen molar-refractivity contribution >= 4 is 26.8 Å². The van der Waals surface area contributed by atoms with Gasteiger partial charge in [-0.1, -0.05) is 15.9 Å². The predicted octanol–water partition coefficient (Wildman–Crippen LogP) is 1.93. The van der Waals surface area contributed by atoms with Crippen LogP contribution in [0.5, 0.6) is 0 Å². The molecule has 4 heteroatoms. The molecule has 0 saturated carbocycles. The van der Waals surface area contributed by atoms with Crippen molar-refractivity contribution in [1.29, 1.82) is 0 Å². The van der Waals surface area contributed by atoms with Crippen molar-refractivity contribution in [2.24, 2.45) is 0 Å². The topological polar surface area (TPSA) is 48.6 Å². The van der Waals surface area contributed by atoms with Gasteiger partial charge in [0.2, 0.25) is 0 Å². The Balaban J connectivity index is 3.02. The molecule has 0 radical (unpaired) electrons. The average molecular weight is 227 g/mol. The fourth-order valence-corrected chi connectivity index (χ4v) is 1.55. The minimum atomic E-state index is -0.0689. The van der Waals surface area contributed by atoms with Gasteiger partial charge in [-0.2, -0.15) is 0 Å². The maximum Gasteiger partial charge on any atom is 0.271 e. The molecule has 0 aliphatic carbocycles. The summed E-state index contributed by atoms with van der Waals surface area (Å²) in [5.74, 6) is 0. The van der Waals surface area contributed by atoms with E-state index >= 15 is 0 Å². The highest BCUT2D eigenvalue weighted by molar-refractivity contribution is 9.10. The number of halogens is 1. The number of fused-ring (bicyclic) bond motifs is 1. The van der Waals surface area contributed by atoms with Crippen LogP contribution in [0.25, 0.3) is 10.9 Å². The van der Waals surface area contributed by atoms with Crippen LogP contribution in [0.1, 0.15) is 5.56 Å². The SMILES string of the molecule is Cc1c(Br)ccc2c(=O)[nH][nH]c12. The van der Waals surface area contributed by atoms with E-state index in [2.05, 4.69) is 26.1 Å². The Labute approximate surface area is 76.9 Å². The number of hydrogen-bond donors (Lipinski definition) is 2. The van der Waals surface area contributed by atoms with Gasteiger partial charge in [-0.05, 0) is 24.6 Å². The Morgan fingerprint density at radius 3 is 2.83 bits per heavy atom. The molecule has 0 aliphatic rings. The highest BCUT2D eigenvalue weighted by atomic mass is 79.9. The van der Waals surface area contributed by atoms with Crippen molar-refractivity contribution in [3.05, 3.63) is 32.5 Å². The number of aromatic amines is 2. The minimum Gasteiger partial charge on any atom is -0.297 e. The highest BCUT2D eigenvalue weighted by Crippen LogP contribution is 2.21. The van der Waals surface area contributed by atoms with E-state index in [4.69, 9.17) is 0 Å². The monoisotopic (exact) mass is 226 g/mol. The molecule has 3 nitrogen and oxygen atoms in total. The van der Waals surface area contributed by atoms with Crippen molar-refractivity contribution in [2.45, 2.75) is 6.92 Å². The largest absolute Gasteiger partial charge is 0.297 e. The summed E-state index contributed by atoms with van der Waals surface area (Å²) in [4.78, 5) is 11.1. The maximum absolute atomic E-state index is 11.1. The summed E-state index contributed by atoms with van der Waals surface area (Å²) in [6.45, 7) is 1.95. The molecule has 0 amide bonds. The number of rotatable bonds is 0. The van der Waals surface area contributed by atoms with Gasteiger partial charge in [-0.3, -0.25) is 15.0 Å². The van der Waals surface area contributed by atoms with Crippen molar-refractivity contribution in [1.82, 2.24) is 10.2 Å². The lowest BCUT2D eigenvalue weighted by atomic mass is 10.2. The van der Waals surface area contributed by atoms with Gasteiger partial charge in [0, 0.05) is 4.47 Å². The molecule has 62 valence electrons. The molecule has 2 aromatic rings. The molecule has 1 heterocycles. The van der Waals surface area contributed by atoms with E-state index in [0.717, 1.165) is 15.6 Å². The van der Waals surface area contributed by atoms with Crippen LogP contribution in [0.2, 0.25) is 0 Å². The molecule has 0 aliphatic heterocycles. The molecule has 2 rings (SSSR count). The van der Waals surface area contributed by atoms with Crippen LogP contribution in [0.4, 0.5) is 0 Å². The van der Waals surface area contributed by atoms with E-state index in [0.29, 0.717) is 5.39 Å². The zero-order valence-electron chi connectivity index (χ0n) is 6.44. The first kappa shape index (κ1) is 7.61. The number of nitrogens with one attached hydrogen (secondary N) is 2. The second-order valence-electron chi connectivity index (χ2n) is 2.67. The van der Waals surface area contributed by atoms with Crippen molar-refractivity contribution in [2.75, 3.05) is 0 Å². The van der Waals surface area contributed by atoms with Gasteiger partial charge in [-0.25, -0.2) is 0 Å². The minimum absolute atomic E-state index is 0.0689. The molecule has 0 atom stereocenters. The molecule has 1 aromatic heterocycles. The first-order valence-electron chi connectivity index (χ1n) is 3.55. The van der Waals surface area contributed by atoms with Crippen LogP contribution in [-0.4, -0.2) is 10.2 Å². The number of aryl methyl sites for hydroxylation is 1. The van der Waals surface area contributed by atoms with E-state index in [1.807, 2.05) is 13.0 Å². The number of benzene rings is 1. The lowest BCUT2D eigenvalue weighted by Crippen LogP contribution is -1.96. The normalized spacial score (nSPS) is 10.8. The third-order valence-corrected chi connectivity index (χ3v) is 2.80. The van der Waals surface area contributed by atoms with Crippen LogP contribution < -0.4 is 5.56 Å². The summed E-state index contributed by atoms with van der Waals surface area (Å²) in [5.41, 5.74) is 1.85. The Kier molecular flexibility index (Phi) is 1.58. The Morgan fingerprint density at radius 1 is 1.33 bits per heavy atom. The quantitative estimate of drug-likeness (QED) is 0.709. The third-order valence-electron chi connectivity index (χ3n) is 1.94. The molecule has 0 bridgehead atoms. The summed E-state index contributed by atoms with van der Waals surface area (Å²) in [6.07, 6.45) is 0.